The third kappa shape index (κ3) is 4.33. The number of hydrogen-bond acceptors (Lipinski definition) is 4. The molecule has 1 unspecified atom stereocenters. The van der Waals surface area contributed by atoms with Gasteiger partial charge in [0.1, 0.15) is 5.75 Å². The normalized spacial score (nSPS) is 18.1. The van der Waals surface area contributed by atoms with Gasteiger partial charge in [-0.1, -0.05) is 18.2 Å². The largest absolute Gasteiger partial charge is 0.493 e. The molecule has 26 heavy (non-hydrogen) atoms. The van der Waals surface area contributed by atoms with Gasteiger partial charge in [0.2, 0.25) is 9.84 Å². The second-order valence-corrected chi connectivity index (χ2v) is 8.30. The van der Waals surface area contributed by atoms with E-state index >= 15 is 0 Å². The molecule has 1 saturated heterocycles. The molecule has 0 aromatic heterocycles. The number of anilines is 1. The average molecular weight is 381 g/mol. The first kappa shape index (κ1) is 18.6. The van der Waals surface area contributed by atoms with Crippen molar-refractivity contribution in [2.45, 2.75) is 23.5 Å². The molecule has 0 saturated carbocycles. The number of nitrogens with zero attached hydrogens (tertiary/aromatic N) is 1. The fraction of sp³-hybridized carbons (Fsp3) is 0.368. The van der Waals surface area contributed by atoms with Crippen molar-refractivity contribution in [2.24, 2.45) is 5.92 Å². The van der Waals surface area contributed by atoms with Gasteiger partial charge >= 0.3 is 5.76 Å². The molecule has 3 rings (SSSR count). The van der Waals surface area contributed by atoms with Crippen LogP contribution in [0.3, 0.4) is 0 Å². The van der Waals surface area contributed by atoms with E-state index in [0.717, 1.165) is 37.4 Å². The highest BCUT2D eigenvalue weighted by Crippen LogP contribution is 2.26. The van der Waals surface area contributed by atoms with Gasteiger partial charge < -0.3 is 9.64 Å². The van der Waals surface area contributed by atoms with Gasteiger partial charge in [0, 0.05) is 24.7 Å². The van der Waals surface area contributed by atoms with Gasteiger partial charge in [-0.2, -0.15) is 8.78 Å². The number of sulfone groups is 1. The first-order chi connectivity index (χ1) is 12.5. The molecule has 4 nitrogen and oxygen atoms in total. The Hall–Kier alpha value is -2.15. The van der Waals surface area contributed by atoms with Crippen molar-refractivity contribution in [2.75, 3.05) is 24.6 Å². The fourth-order valence-electron chi connectivity index (χ4n) is 3.12. The molecule has 140 valence electrons. The van der Waals surface area contributed by atoms with Crippen LogP contribution in [-0.2, 0) is 9.84 Å². The van der Waals surface area contributed by atoms with Crippen molar-refractivity contribution in [1.29, 1.82) is 0 Å². The maximum absolute atomic E-state index is 12.6. The minimum absolute atomic E-state index is 0.350. The molecular weight excluding hydrogens is 360 g/mol. The van der Waals surface area contributed by atoms with E-state index in [9.17, 15) is 17.2 Å². The first-order valence-corrected chi connectivity index (χ1v) is 10.1. The number of alkyl halides is 2. The Morgan fingerprint density at radius 2 is 1.77 bits per heavy atom. The maximum Gasteiger partial charge on any atom is 0.341 e. The molecule has 0 spiro atoms. The van der Waals surface area contributed by atoms with E-state index in [1.54, 1.807) is 12.1 Å². The Morgan fingerprint density at radius 1 is 1.08 bits per heavy atom. The lowest BCUT2D eigenvalue weighted by atomic mass is 9.98. The standard InChI is InChI=1S/C19H21F2NO3S/c20-19(21)26(23,24)18-10-8-16(9-11-18)22-12-4-5-15(13-22)14-25-17-6-2-1-3-7-17/h1-3,6-11,15,19H,4-5,12-14H2. The van der Waals surface area contributed by atoms with E-state index in [1.165, 1.54) is 12.1 Å². The third-order valence-electron chi connectivity index (χ3n) is 4.51. The molecule has 0 N–H and O–H groups in total. The Balaban J connectivity index is 1.62. The predicted molar refractivity (Wildman–Crippen MR) is 96.5 cm³/mol. The SMILES string of the molecule is O=S(=O)(c1ccc(N2CCCC(COc3ccccc3)C2)cc1)C(F)F. The van der Waals surface area contributed by atoms with Crippen LogP contribution in [0, 0.1) is 5.92 Å². The highest BCUT2D eigenvalue weighted by molar-refractivity contribution is 7.91. The Kier molecular flexibility index (Phi) is 5.76. The molecule has 2 aromatic rings. The van der Waals surface area contributed by atoms with Crippen LogP contribution in [0.2, 0.25) is 0 Å². The third-order valence-corrected chi connectivity index (χ3v) is 5.91. The molecule has 1 atom stereocenters. The summed E-state index contributed by atoms with van der Waals surface area (Å²) in [6.45, 7) is 2.24. The van der Waals surface area contributed by atoms with Gasteiger partial charge in [-0.25, -0.2) is 8.42 Å². The second kappa shape index (κ2) is 8.03. The lowest BCUT2D eigenvalue weighted by Gasteiger charge is -2.34. The average Bonchev–Trinajstić information content (AvgIpc) is 2.67. The van der Waals surface area contributed by atoms with Crippen LogP contribution in [0.15, 0.2) is 59.5 Å². The summed E-state index contributed by atoms with van der Waals surface area (Å²) in [6.07, 6.45) is 2.06. The topological polar surface area (TPSA) is 46.6 Å². The molecule has 0 aliphatic carbocycles. The van der Waals surface area contributed by atoms with E-state index < -0.39 is 15.6 Å². The Labute approximate surface area is 152 Å². The lowest BCUT2D eigenvalue weighted by molar-refractivity contribution is 0.229. The molecule has 1 aliphatic heterocycles. The van der Waals surface area contributed by atoms with Crippen LogP contribution in [0.1, 0.15) is 12.8 Å². The molecule has 7 heteroatoms. The highest BCUT2D eigenvalue weighted by atomic mass is 32.2. The van der Waals surface area contributed by atoms with Gasteiger partial charge in [-0.15, -0.1) is 0 Å². The van der Waals surface area contributed by atoms with Gasteiger partial charge in [0.15, 0.2) is 0 Å². The maximum atomic E-state index is 12.6. The van der Waals surface area contributed by atoms with Crippen LogP contribution in [0.4, 0.5) is 14.5 Å². The van der Waals surface area contributed by atoms with Crippen molar-refractivity contribution in [3.8, 4) is 5.75 Å². The summed E-state index contributed by atoms with van der Waals surface area (Å²) in [7, 11) is -4.55. The smallest absolute Gasteiger partial charge is 0.341 e. The highest BCUT2D eigenvalue weighted by Gasteiger charge is 2.27. The molecule has 1 heterocycles. The zero-order valence-electron chi connectivity index (χ0n) is 14.2. The minimum Gasteiger partial charge on any atom is -0.493 e. The number of para-hydroxylation sites is 1. The van der Waals surface area contributed by atoms with Crippen LogP contribution in [0.25, 0.3) is 0 Å². The zero-order valence-corrected chi connectivity index (χ0v) is 15.0. The van der Waals surface area contributed by atoms with Crippen molar-refractivity contribution in [3.05, 3.63) is 54.6 Å². The fourth-order valence-corrected chi connectivity index (χ4v) is 3.84. The number of halogens is 2. The van der Waals surface area contributed by atoms with Crippen molar-refractivity contribution < 1.29 is 21.9 Å². The first-order valence-electron chi connectivity index (χ1n) is 8.52. The van der Waals surface area contributed by atoms with Crippen LogP contribution < -0.4 is 9.64 Å². The molecule has 0 amide bonds. The van der Waals surface area contributed by atoms with E-state index in [0.29, 0.717) is 12.5 Å². The number of ether oxygens (including phenoxy) is 1. The van der Waals surface area contributed by atoms with E-state index in [1.807, 2.05) is 30.3 Å². The van der Waals surface area contributed by atoms with Crippen LogP contribution in [0.5, 0.6) is 5.75 Å². The predicted octanol–water partition coefficient (Wildman–Crippen LogP) is 3.98. The number of benzene rings is 2. The summed E-state index contributed by atoms with van der Waals surface area (Å²) in [5, 5.41) is 0. The van der Waals surface area contributed by atoms with Gasteiger partial charge in [0.05, 0.1) is 11.5 Å². The van der Waals surface area contributed by atoms with Crippen molar-refractivity contribution in [3.63, 3.8) is 0 Å². The number of hydrogen-bond donors (Lipinski definition) is 0. The molecular formula is C19H21F2NO3S. The van der Waals surface area contributed by atoms with E-state index in [-0.39, 0.29) is 4.90 Å². The monoisotopic (exact) mass is 381 g/mol. The molecule has 2 aromatic carbocycles. The molecule has 1 fully saturated rings. The quantitative estimate of drug-likeness (QED) is 0.759. The lowest BCUT2D eigenvalue weighted by Crippen LogP contribution is -2.37. The van der Waals surface area contributed by atoms with Crippen LogP contribution >= 0.6 is 0 Å². The summed E-state index contributed by atoms with van der Waals surface area (Å²) < 4.78 is 54.1. The summed E-state index contributed by atoms with van der Waals surface area (Å²) in [5.41, 5.74) is 0.836. The number of rotatable bonds is 6. The minimum atomic E-state index is -4.55. The van der Waals surface area contributed by atoms with E-state index in [4.69, 9.17) is 4.74 Å². The van der Waals surface area contributed by atoms with Gasteiger partial charge in [-0.05, 0) is 49.2 Å². The summed E-state index contributed by atoms with van der Waals surface area (Å²) in [4.78, 5) is 1.79. The summed E-state index contributed by atoms with van der Waals surface area (Å²) in [6, 6.07) is 15.3. The van der Waals surface area contributed by atoms with Crippen molar-refractivity contribution in [1.82, 2.24) is 0 Å². The zero-order chi connectivity index (χ0) is 18.6. The van der Waals surface area contributed by atoms with Crippen molar-refractivity contribution >= 4 is 15.5 Å². The van der Waals surface area contributed by atoms with Gasteiger partial charge in [0.25, 0.3) is 0 Å². The Morgan fingerprint density at radius 3 is 2.42 bits per heavy atom. The van der Waals surface area contributed by atoms with Gasteiger partial charge in [-0.3, -0.25) is 0 Å². The summed E-state index contributed by atoms with van der Waals surface area (Å²) >= 11 is 0. The summed E-state index contributed by atoms with van der Waals surface area (Å²) in [5.74, 6) is -2.21. The molecule has 0 bridgehead atoms. The van der Waals surface area contributed by atoms with E-state index in [2.05, 4.69) is 4.90 Å². The molecule has 1 aliphatic rings. The Bertz CT molecular complexity index is 810. The molecule has 0 radical (unpaired) electrons. The second-order valence-electron chi connectivity index (χ2n) is 6.38. The number of piperidine rings is 1. The van der Waals surface area contributed by atoms with Crippen LogP contribution in [-0.4, -0.2) is 33.9 Å².